The predicted octanol–water partition coefficient (Wildman–Crippen LogP) is 2.19. The number of carbonyl (C=O) groups excluding carboxylic acids is 1. The Hall–Kier alpha value is -2.17. The van der Waals surface area contributed by atoms with Crippen LogP contribution in [0.1, 0.15) is 17.5 Å². The van der Waals surface area contributed by atoms with Crippen molar-refractivity contribution in [1.82, 2.24) is 5.48 Å². The van der Waals surface area contributed by atoms with E-state index in [1.165, 1.54) is 5.56 Å². The number of carbonyl (C=O) groups is 1. The zero-order valence-electron chi connectivity index (χ0n) is 11.9. The van der Waals surface area contributed by atoms with Gasteiger partial charge < -0.3 is 5.73 Å². The van der Waals surface area contributed by atoms with E-state index in [4.69, 9.17) is 10.6 Å². The number of nitrogens with one attached hydrogen (secondary N) is 1. The van der Waals surface area contributed by atoms with Crippen molar-refractivity contribution in [3.63, 3.8) is 0 Å². The van der Waals surface area contributed by atoms with Gasteiger partial charge in [0.2, 0.25) is 0 Å². The van der Waals surface area contributed by atoms with Gasteiger partial charge in [-0.1, -0.05) is 60.7 Å². The molecule has 1 amide bonds. The first-order chi connectivity index (χ1) is 10.3. The van der Waals surface area contributed by atoms with Crippen molar-refractivity contribution in [2.24, 2.45) is 5.73 Å². The molecule has 2 aromatic rings. The summed E-state index contributed by atoms with van der Waals surface area (Å²) in [7, 11) is 0. The van der Waals surface area contributed by atoms with Crippen LogP contribution in [0.2, 0.25) is 0 Å². The Balaban J connectivity index is 1.68. The zero-order chi connectivity index (χ0) is 14.9. The second-order valence-electron chi connectivity index (χ2n) is 4.87. The van der Waals surface area contributed by atoms with Gasteiger partial charge in [-0.15, -0.1) is 0 Å². The molecule has 1 atom stereocenters. The normalized spacial score (nSPS) is 11.9. The molecule has 0 aromatic heterocycles. The maximum Gasteiger partial charge on any atom is 0.260 e. The van der Waals surface area contributed by atoms with Gasteiger partial charge in [0.1, 0.15) is 0 Å². The summed E-state index contributed by atoms with van der Waals surface area (Å²) in [5, 5.41) is 0. The number of nitrogens with two attached hydrogens (primary N) is 1. The second kappa shape index (κ2) is 8.19. The molecule has 0 fully saturated rings. The fraction of sp³-hybridized carbons (Fsp3) is 0.235. The molecule has 0 radical (unpaired) electrons. The number of hydrogen-bond acceptors (Lipinski definition) is 3. The summed E-state index contributed by atoms with van der Waals surface area (Å²) in [6.07, 6.45) is 1.36. The van der Waals surface area contributed by atoms with Gasteiger partial charge in [0.15, 0.2) is 0 Å². The minimum atomic E-state index is -0.569. The predicted molar refractivity (Wildman–Crippen MR) is 82.1 cm³/mol. The van der Waals surface area contributed by atoms with E-state index in [-0.39, 0.29) is 5.91 Å². The third-order valence-corrected chi connectivity index (χ3v) is 3.18. The van der Waals surface area contributed by atoms with Gasteiger partial charge in [-0.2, -0.15) is 0 Å². The number of hydroxylamine groups is 1. The number of aryl methyl sites for hydroxylation is 1. The SMILES string of the molecule is N[C@@H](CCc1ccccc1)C(=O)NOCc1ccccc1. The Kier molecular flexibility index (Phi) is 5.94. The molecular formula is C17H20N2O2. The van der Waals surface area contributed by atoms with Crippen LogP contribution in [0.3, 0.4) is 0 Å². The number of hydrogen-bond donors (Lipinski definition) is 2. The zero-order valence-corrected chi connectivity index (χ0v) is 11.9. The highest BCUT2D eigenvalue weighted by Gasteiger charge is 2.13. The van der Waals surface area contributed by atoms with Crippen molar-refractivity contribution in [1.29, 1.82) is 0 Å². The van der Waals surface area contributed by atoms with Gasteiger partial charge >= 0.3 is 0 Å². The molecule has 0 aliphatic heterocycles. The Morgan fingerprint density at radius 3 is 2.19 bits per heavy atom. The molecule has 0 aliphatic rings. The number of benzene rings is 2. The van der Waals surface area contributed by atoms with Crippen molar-refractivity contribution < 1.29 is 9.63 Å². The van der Waals surface area contributed by atoms with E-state index in [2.05, 4.69) is 5.48 Å². The van der Waals surface area contributed by atoms with Crippen LogP contribution in [0.5, 0.6) is 0 Å². The van der Waals surface area contributed by atoms with Crippen LogP contribution < -0.4 is 11.2 Å². The molecule has 0 saturated carbocycles. The average molecular weight is 284 g/mol. The monoisotopic (exact) mass is 284 g/mol. The molecule has 110 valence electrons. The summed E-state index contributed by atoms with van der Waals surface area (Å²) in [6, 6.07) is 19.0. The number of amides is 1. The summed E-state index contributed by atoms with van der Waals surface area (Å²) < 4.78 is 0. The Bertz CT molecular complexity index is 543. The van der Waals surface area contributed by atoms with E-state index in [1.807, 2.05) is 60.7 Å². The van der Waals surface area contributed by atoms with E-state index < -0.39 is 6.04 Å². The van der Waals surface area contributed by atoms with E-state index in [0.29, 0.717) is 13.0 Å². The fourth-order valence-electron chi connectivity index (χ4n) is 1.94. The quantitative estimate of drug-likeness (QED) is 0.766. The van der Waals surface area contributed by atoms with Crippen molar-refractivity contribution >= 4 is 5.91 Å². The highest BCUT2D eigenvalue weighted by Crippen LogP contribution is 2.04. The lowest BCUT2D eigenvalue weighted by molar-refractivity contribution is -0.136. The summed E-state index contributed by atoms with van der Waals surface area (Å²) in [6.45, 7) is 0.331. The largest absolute Gasteiger partial charge is 0.320 e. The van der Waals surface area contributed by atoms with Crippen molar-refractivity contribution in [2.75, 3.05) is 0 Å². The molecule has 0 heterocycles. The molecule has 4 heteroatoms. The van der Waals surface area contributed by atoms with E-state index in [0.717, 1.165) is 12.0 Å². The van der Waals surface area contributed by atoms with Gasteiger partial charge in [0, 0.05) is 0 Å². The van der Waals surface area contributed by atoms with Crippen LogP contribution in [0, 0.1) is 0 Å². The number of rotatable bonds is 7. The maximum atomic E-state index is 11.8. The standard InChI is InChI=1S/C17H20N2O2/c18-16(12-11-14-7-3-1-4-8-14)17(20)19-21-13-15-9-5-2-6-10-15/h1-10,16H,11-13,18H2,(H,19,20)/t16-/m0/s1. The van der Waals surface area contributed by atoms with E-state index in [1.54, 1.807) is 0 Å². The van der Waals surface area contributed by atoms with E-state index >= 15 is 0 Å². The first-order valence-corrected chi connectivity index (χ1v) is 7.01. The third-order valence-electron chi connectivity index (χ3n) is 3.18. The van der Waals surface area contributed by atoms with Crippen molar-refractivity contribution in [2.45, 2.75) is 25.5 Å². The van der Waals surface area contributed by atoms with Crippen LogP contribution in [-0.4, -0.2) is 11.9 Å². The van der Waals surface area contributed by atoms with Crippen LogP contribution in [0.25, 0.3) is 0 Å². The van der Waals surface area contributed by atoms with Gasteiger partial charge in [-0.25, -0.2) is 5.48 Å². The molecule has 0 aliphatic carbocycles. The maximum absolute atomic E-state index is 11.8. The summed E-state index contributed by atoms with van der Waals surface area (Å²) in [5.74, 6) is -0.290. The molecule has 0 bridgehead atoms. The highest BCUT2D eigenvalue weighted by atomic mass is 16.6. The Morgan fingerprint density at radius 1 is 1.00 bits per heavy atom. The first kappa shape index (κ1) is 15.2. The molecule has 3 N–H and O–H groups in total. The van der Waals surface area contributed by atoms with Crippen LogP contribution in [0.4, 0.5) is 0 Å². The van der Waals surface area contributed by atoms with Crippen LogP contribution >= 0.6 is 0 Å². The molecule has 4 nitrogen and oxygen atoms in total. The third kappa shape index (κ3) is 5.38. The summed E-state index contributed by atoms with van der Waals surface area (Å²) in [4.78, 5) is 17.0. The second-order valence-corrected chi connectivity index (χ2v) is 4.87. The van der Waals surface area contributed by atoms with Crippen molar-refractivity contribution in [3.05, 3.63) is 71.8 Å². The van der Waals surface area contributed by atoms with Crippen molar-refractivity contribution in [3.8, 4) is 0 Å². The molecule has 2 aromatic carbocycles. The lowest BCUT2D eigenvalue weighted by Crippen LogP contribution is -2.40. The summed E-state index contributed by atoms with van der Waals surface area (Å²) >= 11 is 0. The van der Waals surface area contributed by atoms with E-state index in [9.17, 15) is 4.79 Å². The Labute approximate surface area is 124 Å². The van der Waals surface area contributed by atoms with Gasteiger partial charge in [-0.3, -0.25) is 9.63 Å². The fourth-order valence-corrected chi connectivity index (χ4v) is 1.94. The molecule has 2 rings (SSSR count). The summed E-state index contributed by atoms with van der Waals surface area (Å²) in [5.41, 5.74) is 10.4. The molecular weight excluding hydrogens is 264 g/mol. The minimum Gasteiger partial charge on any atom is -0.320 e. The smallest absolute Gasteiger partial charge is 0.260 e. The van der Waals surface area contributed by atoms with Crippen LogP contribution in [-0.2, 0) is 22.7 Å². The average Bonchev–Trinajstić information content (AvgIpc) is 2.54. The molecule has 0 unspecified atom stereocenters. The lowest BCUT2D eigenvalue weighted by Gasteiger charge is -2.12. The minimum absolute atomic E-state index is 0.290. The molecule has 0 saturated heterocycles. The van der Waals surface area contributed by atoms with Gasteiger partial charge in [0.05, 0.1) is 12.6 Å². The highest BCUT2D eigenvalue weighted by molar-refractivity contribution is 5.80. The van der Waals surface area contributed by atoms with Gasteiger partial charge in [-0.05, 0) is 24.0 Å². The molecule has 21 heavy (non-hydrogen) atoms. The van der Waals surface area contributed by atoms with Crippen LogP contribution in [0.15, 0.2) is 60.7 Å². The van der Waals surface area contributed by atoms with Gasteiger partial charge in [0.25, 0.3) is 5.91 Å². The topological polar surface area (TPSA) is 64.4 Å². The molecule has 0 spiro atoms. The Morgan fingerprint density at radius 2 is 1.57 bits per heavy atom. The lowest BCUT2D eigenvalue weighted by atomic mass is 10.1. The first-order valence-electron chi connectivity index (χ1n) is 7.01.